The Morgan fingerprint density at radius 3 is 3.12 bits per heavy atom. The molecule has 0 aliphatic carbocycles. The van der Waals surface area contributed by atoms with Gasteiger partial charge in [-0.15, -0.1) is 11.3 Å². The first kappa shape index (κ1) is 12.0. The van der Waals surface area contributed by atoms with Crippen LogP contribution in [0.1, 0.15) is 31.5 Å². The molecule has 0 aromatic carbocycles. The molecule has 0 amide bonds. The summed E-state index contributed by atoms with van der Waals surface area (Å²) in [7, 11) is 2.04. The van der Waals surface area contributed by atoms with Gasteiger partial charge in [-0.25, -0.2) is 4.98 Å². The summed E-state index contributed by atoms with van der Waals surface area (Å²) >= 11 is 1.71. The molecule has 1 N–H and O–H groups in total. The lowest BCUT2D eigenvalue weighted by molar-refractivity contribution is 0.0956. The Morgan fingerprint density at radius 2 is 2.50 bits per heavy atom. The van der Waals surface area contributed by atoms with E-state index in [-0.39, 0.29) is 0 Å². The molecule has 1 aliphatic rings. The number of aromatic nitrogens is 1. The van der Waals surface area contributed by atoms with Crippen molar-refractivity contribution < 1.29 is 0 Å². The number of thiazole rings is 1. The molecule has 2 rings (SSSR count). The molecule has 2 unspecified atom stereocenters. The summed E-state index contributed by atoms with van der Waals surface area (Å²) in [6, 6.07) is 0.525. The van der Waals surface area contributed by atoms with E-state index in [1.807, 2.05) is 12.6 Å². The Balaban J connectivity index is 2.17. The molecule has 0 saturated carbocycles. The molecule has 4 heteroatoms. The highest BCUT2D eigenvalue weighted by Gasteiger charge is 2.32. The first-order valence-electron chi connectivity index (χ1n) is 6.13. The maximum atomic E-state index is 4.52. The number of piperidine rings is 1. The smallest absolute Gasteiger partial charge is 0.0795 e. The maximum absolute atomic E-state index is 4.52. The van der Waals surface area contributed by atoms with E-state index >= 15 is 0 Å². The zero-order chi connectivity index (χ0) is 11.4. The topological polar surface area (TPSA) is 28.2 Å². The van der Waals surface area contributed by atoms with E-state index in [4.69, 9.17) is 0 Å². The van der Waals surface area contributed by atoms with Crippen molar-refractivity contribution in [2.45, 2.75) is 25.8 Å². The van der Waals surface area contributed by atoms with E-state index in [9.17, 15) is 0 Å². The number of nitrogens with one attached hydrogen (secondary N) is 1. The van der Waals surface area contributed by atoms with Crippen molar-refractivity contribution in [1.82, 2.24) is 15.2 Å². The van der Waals surface area contributed by atoms with Gasteiger partial charge in [0.2, 0.25) is 0 Å². The molecule has 16 heavy (non-hydrogen) atoms. The first-order chi connectivity index (χ1) is 7.86. The van der Waals surface area contributed by atoms with Crippen molar-refractivity contribution in [3.8, 4) is 0 Å². The van der Waals surface area contributed by atoms with Gasteiger partial charge < -0.3 is 5.32 Å². The zero-order valence-electron chi connectivity index (χ0n) is 10.1. The van der Waals surface area contributed by atoms with Gasteiger partial charge in [0.05, 0.1) is 17.2 Å². The largest absolute Gasteiger partial charge is 0.319 e. The third-order valence-electron chi connectivity index (χ3n) is 3.49. The van der Waals surface area contributed by atoms with E-state index in [1.54, 1.807) is 11.3 Å². The van der Waals surface area contributed by atoms with Gasteiger partial charge in [0.25, 0.3) is 0 Å². The van der Waals surface area contributed by atoms with Crippen LogP contribution in [0, 0.1) is 5.92 Å². The predicted molar refractivity (Wildman–Crippen MR) is 68.8 cm³/mol. The summed E-state index contributed by atoms with van der Waals surface area (Å²) in [5, 5.41) is 5.53. The van der Waals surface area contributed by atoms with Crippen LogP contribution in [0.4, 0.5) is 0 Å². The van der Waals surface area contributed by atoms with Crippen LogP contribution in [0.15, 0.2) is 10.9 Å². The Morgan fingerprint density at radius 1 is 1.62 bits per heavy atom. The zero-order valence-corrected chi connectivity index (χ0v) is 11.0. The number of likely N-dealkylation sites (tertiary alicyclic amines) is 1. The number of nitrogens with zero attached hydrogens (tertiary/aromatic N) is 2. The van der Waals surface area contributed by atoms with Crippen molar-refractivity contribution >= 4 is 11.3 Å². The third-order valence-corrected chi connectivity index (χ3v) is 4.09. The molecule has 1 fully saturated rings. The lowest BCUT2D eigenvalue weighted by Crippen LogP contribution is -2.42. The highest BCUT2D eigenvalue weighted by atomic mass is 32.1. The van der Waals surface area contributed by atoms with Crippen LogP contribution >= 0.6 is 11.3 Å². The average Bonchev–Trinajstić information content (AvgIpc) is 2.82. The van der Waals surface area contributed by atoms with Crippen molar-refractivity contribution in [3.63, 3.8) is 0 Å². The van der Waals surface area contributed by atoms with Gasteiger partial charge in [-0.3, -0.25) is 4.90 Å². The van der Waals surface area contributed by atoms with Gasteiger partial charge in [0, 0.05) is 5.38 Å². The lowest BCUT2D eigenvalue weighted by Gasteiger charge is -2.40. The summed E-state index contributed by atoms with van der Waals surface area (Å²) in [4.78, 5) is 7.09. The van der Waals surface area contributed by atoms with E-state index in [0.29, 0.717) is 12.0 Å². The van der Waals surface area contributed by atoms with Crippen LogP contribution in [-0.2, 0) is 0 Å². The van der Waals surface area contributed by atoms with Crippen LogP contribution in [0.5, 0.6) is 0 Å². The molecule has 1 aliphatic heterocycles. The minimum atomic E-state index is 0.525. The molecule has 0 radical (unpaired) electrons. The highest BCUT2D eigenvalue weighted by molar-refractivity contribution is 7.07. The second kappa shape index (κ2) is 5.75. The van der Waals surface area contributed by atoms with Gasteiger partial charge in [-0.2, -0.15) is 0 Å². The van der Waals surface area contributed by atoms with E-state index in [2.05, 4.69) is 27.5 Å². The molecular formula is C12H21N3S. The molecule has 0 bridgehead atoms. The van der Waals surface area contributed by atoms with Crippen LogP contribution in [0.3, 0.4) is 0 Å². The van der Waals surface area contributed by atoms with E-state index < -0.39 is 0 Å². The first-order valence-corrected chi connectivity index (χ1v) is 7.07. The molecular weight excluding hydrogens is 218 g/mol. The SMILES string of the molecule is CCN1CCCC(CNC)C1c1cscn1. The normalized spacial score (nSPS) is 27.1. The monoisotopic (exact) mass is 239 g/mol. The maximum Gasteiger partial charge on any atom is 0.0795 e. The Hall–Kier alpha value is -0.450. The fourth-order valence-electron chi connectivity index (χ4n) is 2.78. The quantitative estimate of drug-likeness (QED) is 0.872. The summed E-state index contributed by atoms with van der Waals surface area (Å²) in [5.74, 6) is 0.709. The minimum absolute atomic E-state index is 0.525. The molecule has 3 nitrogen and oxygen atoms in total. The van der Waals surface area contributed by atoms with Gasteiger partial charge in [0.15, 0.2) is 0 Å². The average molecular weight is 239 g/mol. The molecule has 1 aromatic rings. The molecule has 2 heterocycles. The van der Waals surface area contributed by atoms with E-state index in [0.717, 1.165) is 13.1 Å². The standard InChI is InChI=1S/C12H21N3S/c1-3-15-6-4-5-10(7-13-2)12(15)11-8-16-9-14-11/h8-10,12-13H,3-7H2,1-2H3. The van der Waals surface area contributed by atoms with Gasteiger partial charge in [-0.05, 0) is 45.4 Å². The predicted octanol–water partition coefficient (Wildman–Crippen LogP) is 2.14. The van der Waals surface area contributed by atoms with Crippen LogP contribution < -0.4 is 5.32 Å². The Bertz CT molecular complexity index is 297. The van der Waals surface area contributed by atoms with Crippen LogP contribution in [0.25, 0.3) is 0 Å². The van der Waals surface area contributed by atoms with Crippen molar-refractivity contribution in [2.75, 3.05) is 26.7 Å². The third kappa shape index (κ3) is 2.44. The molecule has 1 aromatic heterocycles. The van der Waals surface area contributed by atoms with Crippen molar-refractivity contribution in [3.05, 3.63) is 16.6 Å². The van der Waals surface area contributed by atoms with Gasteiger partial charge in [-0.1, -0.05) is 6.92 Å². The molecule has 0 spiro atoms. The van der Waals surface area contributed by atoms with Gasteiger partial charge in [0.1, 0.15) is 0 Å². The number of rotatable bonds is 4. The van der Waals surface area contributed by atoms with Crippen LogP contribution in [-0.4, -0.2) is 36.6 Å². The summed E-state index contributed by atoms with van der Waals surface area (Å²) in [6.45, 7) is 5.70. The second-order valence-electron chi connectivity index (χ2n) is 4.45. The van der Waals surface area contributed by atoms with Crippen molar-refractivity contribution in [1.29, 1.82) is 0 Å². The highest BCUT2D eigenvalue weighted by Crippen LogP contribution is 2.35. The summed E-state index contributed by atoms with van der Waals surface area (Å²) < 4.78 is 0. The minimum Gasteiger partial charge on any atom is -0.319 e. The van der Waals surface area contributed by atoms with Crippen molar-refractivity contribution in [2.24, 2.45) is 5.92 Å². The number of hydrogen-bond donors (Lipinski definition) is 1. The Labute approximate surface area is 102 Å². The summed E-state index contributed by atoms with van der Waals surface area (Å²) in [6.07, 6.45) is 2.64. The number of hydrogen-bond acceptors (Lipinski definition) is 4. The molecule has 90 valence electrons. The van der Waals surface area contributed by atoms with E-state index in [1.165, 1.54) is 25.1 Å². The fraction of sp³-hybridized carbons (Fsp3) is 0.750. The molecule has 1 saturated heterocycles. The second-order valence-corrected chi connectivity index (χ2v) is 5.17. The summed E-state index contributed by atoms with van der Waals surface area (Å²) in [5.41, 5.74) is 3.22. The fourth-order valence-corrected chi connectivity index (χ4v) is 3.36. The van der Waals surface area contributed by atoms with Gasteiger partial charge >= 0.3 is 0 Å². The lowest BCUT2D eigenvalue weighted by atomic mass is 9.87. The van der Waals surface area contributed by atoms with Crippen LogP contribution in [0.2, 0.25) is 0 Å². The molecule has 2 atom stereocenters. The Kier molecular flexibility index (Phi) is 4.32.